The number of rotatable bonds is 5. The number of aromatic carboxylic acids is 1. The number of ether oxygens (including phenoxy) is 1. The third kappa shape index (κ3) is 4.10. The van der Waals surface area contributed by atoms with E-state index in [0.29, 0.717) is 5.82 Å². The van der Waals surface area contributed by atoms with E-state index in [0.717, 1.165) is 11.4 Å². The van der Waals surface area contributed by atoms with E-state index in [9.17, 15) is 4.79 Å². The lowest BCUT2D eigenvalue weighted by Crippen LogP contribution is -2.05. The number of hydrogen-bond acceptors (Lipinski definition) is 4. The Morgan fingerprint density at radius 3 is 2.48 bits per heavy atom. The van der Waals surface area contributed by atoms with Gasteiger partial charge in [0.2, 0.25) is 0 Å². The molecule has 1 aromatic heterocycles. The van der Waals surface area contributed by atoms with Crippen LogP contribution in [0, 0.1) is 0 Å². The average Bonchev–Trinajstić information content (AvgIpc) is 2.42. The highest BCUT2D eigenvalue weighted by molar-refractivity contribution is 6.33. The molecule has 0 spiro atoms. The summed E-state index contributed by atoms with van der Waals surface area (Å²) in [5, 5.41) is 12.1. The lowest BCUT2D eigenvalue weighted by atomic mass is 10.3. The van der Waals surface area contributed by atoms with Gasteiger partial charge in [0.15, 0.2) is 5.69 Å². The summed E-state index contributed by atoms with van der Waals surface area (Å²) in [6.07, 6.45) is 0.111. The van der Waals surface area contributed by atoms with Gasteiger partial charge >= 0.3 is 5.97 Å². The minimum Gasteiger partial charge on any atom is -0.491 e. The van der Waals surface area contributed by atoms with Gasteiger partial charge in [0.1, 0.15) is 11.6 Å². The van der Waals surface area contributed by atoms with Crippen molar-refractivity contribution in [1.82, 2.24) is 4.98 Å². The number of carboxylic acid groups (broad SMARTS) is 1. The highest BCUT2D eigenvalue weighted by atomic mass is 35.5. The third-order valence-corrected chi connectivity index (χ3v) is 2.85. The summed E-state index contributed by atoms with van der Waals surface area (Å²) in [5.74, 6) is 0.0181. The molecule has 110 valence electrons. The second kappa shape index (κ2) is 6.45. The zero-order valence-electron chi connectivity index (χ0n) is 11.6. The smallest absolute Gasteiger partial charge is 0.356 e. The minimum atomic E-state index is -1.16. The largest absolute Gasteiger partial charge is 0.491 e. The Morgan fingerprint density at radius 2 is 1.90 bits per heavy atom. The number of aromatic nitrogens is 1. The van der Waals surface area contributed by atoms with E-state index in [1.54, 1.807) is 6.07 Å². The quantitative estimate of drug-likeness (QED) is 0.874. The maximum atomic E-state index is 11.0. The molecule has 2 rings (SSSR count). The third-order valence-electron chi connectivity index (χ3n) is 2.55. The maximum absolute atomic E-state index is 11.0. The Kier molecular flexibility index (Phi) is 4.65. The number of anilines is 2. The molecule has 0 radical (unpaired) electrons. The van der Waals surface area contributed by atoms with E-state index in [2.05, 4.69) is 10.3 Å². The predicted molar refractivity (Wildman–Crippen MR) is 81.7 cm³/mol. The second-order valence-electron chi connectivity index (χ2n) is 4.65. The summed E-state index contributed by atoms with van der Waals surface area (Å²) in [5.41, 5.74) is 0.596. The van der Waals surface area contributed by atoms with Crippen LogP contribution >= 0.6 is 11.6 Å². The lowest BCUT2D eigenvalue weighted by molar-refractivity contribution is 0.0691. The van der Waals surface area contributed by atoms with Gasteiger partial charge in [-0.3, -0.25) is 0 Å². The molecule has 0 unspecified atom stereocenters. The fourth-order valence-corrected chi connectivity index (χ4v) is 1.88. The zero-order valence-corrected chi connectivity index (χ0v) is 12.4. The van der Waals surface area contributed by atoms with Crippen LogP contribution in [0.1, 0.15) is 24.3 Å². The van der Waals surface area contributed by atoms with Crippen molar-refractivity contribution < 1.29 is 14.6 Å². The molecule has 6 heteroatoms. The van der Waals surface area contributed by atoms with Crippen molar-refractivity contribution >= 4 is 29.1 Å². The first-order valence-corrected chi connectivity index (χ1v) is 6.77. The highest BCUT2D eigenvalue weighted by Crippen LogP contribution is 2.22. The number of carboxylic acids is 1. The Hall–Kier alpha value is -2.27. The van der Waals surface area contributed by atoms with Crippen LogP contribution in [0.4, 0.5) is 11.5 Å². The van der Waals surface area contributed by atoms with E-state index in [1.807, 2.05) is 38.1 Å². The topological polar surface area (TPSA) is 71.5 Å². The van der Waals surface area contributed by atoms with Crippen LogP contribution in [0.5, 0.6) is 5.75 Å². The number of nitrogens with zero attached hydrogens (tertiary/aromatic N) is 1. The molecule has 5 nitrogen and oxygen atoms in total. The van der Waals surface area contributed by atoms with Crippen molar-refractivity contribution in [2.75, 3.05) is 5.32 Å². The fraction of sp³-hybridized carbons (Fsp3) is 0.200. The molecule has 2 N–H and O–H groups in total. The van der Waals surface area contributed by atoms with Gasteiger partial charge in [-0.05, 0) is 50.2 Å². The molecule has 0 aliphatic heterocycles. The van der Waals surface area contributed by atoms with Gasteiger partial charge in [-0.15, -0.1) is 0 Å². The van der Waals surface area contributed by atoms with Gasteiger partial charge in [-0.2, -0.15) is 0 Å². The van der Waals surface area contributed by atoms with E-state index in [4.69, 9.17) is 21.4 Å². The second-order valence-corrected chi connectivity index (χ2v) is 5.06. The Balaban J connectivity index is 2.14. The molecule has 0 aliphatic rings. The number of pyridine rings is 1. The molecule has 0 saturated carbocycles. The van der Waals surface area contributed by atoms with Crippen LogP contribution < -0.4 is 10.1 Å². The molecule has 21 heavy (non-hydrogen) atoms. The van der Waals surface area contributed by atoms with E-state index in [-0.39, 0.29) is 16.8 Å². The Morgan fingerprint density at radius 1 is 1.24 bits per heavy atom. The SMILES string of the molecule is CC(C)Oc1ccc(Nc2ccc(Cl)c(C(=O)O)n2)cc1. The summed E-state index contributed by atoms with van der Waals surface area (Å²) in [6.45, 7) is 3.91. The molecule has 0 bridgehead atoms. The summed E-state index contributed by atoms with van der Waals surface area (Å²) in [7, 11) is 0. The van der Waals surface area contributed by atoms with E-state index in [1.165, 1.54) is 6.07 Å². The van der Waals surface area contributed by atoms with E-state index >= 15 is 0 Å². The highest BCUT2D eigenvalue weighted by Gasteiger charge is 2.11. The summed E-state index contributed by atoms with van der Waals surface area (Å²) >= 11 is 5.78. The van der Waals surface area contributed by atoms with Crippen LogP contribution in [0.2, 0.25) is 5.02 Å². The van der Waals surface area contributed by atoms with Crippen LogP contribution in [-0.4, -0.2) is 22.2 Å². The molecule has 0 saturated heterocycles. The van der Waals surface area contributed by atoms with Gasteiger partial charge in [-0.25, -0.2) is 9.78 Å². The van der Waals surface area contributed by atoms with Crippen LogP contribution in [0.15, 0.2) is 36.4 Å². The predicted octanol–water partition coefficient (Wildman–Crippen LogP) is 3.96. The average molecular weight is 307 g/mol. The molecule has 0 fully saturated rings. The summed E-state index contributed by atoms with van der Waals surface area (Å²) < 4.78 is 5.55. The normalized spacial score (nSPS) is 10.5. The molecule has 0 amide bonds. The van der Waals surface area contributed by atoms with Gasteiger partial charge in [0.25, 0.3) is 0 Å². The van der Waals surface area contributed by atoms with Crippen LogP contribution in [0.25, 0.3) is 0 Å². The fourth-order valence-electron chi connectivity index (χ4n) is 1.70. The van der Waals surface area contributed by atoms with Gasteiger partial charge in [-0.1, -0.05) is 11.6 Å². The first-order chi connectivity index (χ1) is 9.95. The number of hydrogen-bond donors (Lipinski definition) is 2. The summed E-state index contributed by atoms with van der Waals surface area (Å²) in [6, 6.07) is 10.4. The number of carbonyl (C=O) groups is 1. The van der Waals surface area contributed by atoms with Crippen molar-refractivity contribution in [3.8, 4) is 5.75 Å². The van der Waals surface area contributed by atoms with Crippen molar-refractivity contribution in [2.45, 2.75) is 20.0 Å². The Bertz CT molecular complexity index is 642. The monoisotopic (exact) mass is 306 g/mol. The molecular formula is C15H15ClN2O3. The molecule has 0 atom stereocenters. The molecule has 2 aromatic rings. The number of benzene rings is 1. The van der Waals surface area contributed by atoms with Gasteiger partial charge < -0.3 is 15.2 Å². The van der Waals surface area contributed by atoms with Crippen molar-refractivity contribution in [3.63, 3.8) is 0 Å². The van der Waals surface area contributed by atoms with Crippen LogP contribution in [0.3, 0.4) is 0 Å². The molecule has 0 aliphatic carbocycles. The van der Waals surface area contributed by atoms with E-state index < -0.39 is 5.97 Å². The number of halogens is 1. The molecular weight excluding hydrogens is 292 g/mol. The number of nitrogens with one attached hydrogen (secondary N) is 1. The lowest BCUT2D eigenvalue weighted by Gasteiger charge is -2.11. The zero-order chi connectivity index (χ0) is 15.4. The van der Waals surface area contributed by atoms with Crippen molar-refractivity contribution in [2.24, 2.45) is 0 Å². The van der Waals surface area contributed by atoms with Gasteiger partial charge in [0, 0.05) is 5.69 Å². The molecule has 1 aromatic carbocycles. The summed E-state index contributed by atoms with van der Waals surface area (Å²) in [4.78, 5) is 14.9. The maximum Gasteiger partial charge on any atom is 0.356 e. The first kappa shape index (κ1) is 15.1. The van der Waals surface area contributed by atoms with Crippen molar-refractivity contribution in [1.29, 1.82) is 0 Å². The minimum absolute atomic E-state index is 0.105. The standard InChI is InChI=1S/C15H15ClN2O3/c1-9(2)21-11-5-3-10(4-6-11)17-13-8-7-12(16)14(18-13)15(19)20/h3-9H,1-2H3,(H,17,18)(H,19,20). The van der Waals surface area contributed by atoms with Gasteiger partial charge in [0.05, 0.1) is 11.1 Å². The van der Waals surface area contributed by atoms with Crippen molar-refractivity contribution in [3.05, 3.63) is 47.1 Å². The molecule has 1 heterocycles. The van der Waals surface area contributed by atoms with Crippen LogP contribution in [-0.2, 0) is 0 Å². The Labute approximate surface area is 127 Å². The first-order valence-electron chi connectivity index (χ1n) is 6.39.